The van der Waals surface area contributed by atoms with Crippen molar-refractivity contribution in [2.24, 2.45) is 0 Å². The number of amides is 1. The van der Waals surface area contributed by atoms with E-state index in [0.717, 1.165) is 28.2 Å². The normalized spacial score (nSPS) is 18.1. The molecule has 1 aromatic heterocycles. The molecule has 2 aliphatic rings. The number of aryl methyl sites for hydroxylation is 1. The predicted octanol–water partition coefficient (Wildman–Crippen LogP) is 3.29. The van der Waals surface area contributed by atoms with Crippen LogP contribution in [0.1, 0.15) is 29.3 Å². The molecule has 3 aromatic rings. The largest absolute Gasteiger partial charge is 0.454 e. The van der Waals surface area contributed by atoms with E-state index in [1.165, 1.54) is 0 Å². The second-order valence-electron chi connectivity index (χ2n) is 7.14. The van der Waals surface area contributed by atoms with Crippen LogP contribution in [0.2, 0.25) is 0 Å². The molecule has 7 nitrogen and oxygen atoms in total. The molecule has 7 heteroatoms. The van der Waals surface area contributed by atoms with Gasteiger partial charge in [-0.15, -0.1) is 0 Å². The summed E-state index contributed by atoms with van der Waals surface area (Å²) in [6.45, 7) is 3.34. The lowest BCUT2D eigenvalue weighted by Crippen LogP contribution is -2.24. The van der Waals surface area contributed by atoms with E-state index >= 15 is 0 Å². The Morgan fingerprint density at radius 3 is 2.89 bits per heavy atom. The van der Waals surface area contributed by atoms with Gasteiger partial charge in [-0.2, -0.15) is 4.98 Å². The fourth-order valence-electron chi connectivity index (χ4n) is 3.68. The van der Waals surface area contributed by atoms with Gasteiger partial charge in [0.05, 0.1) is 0 Å². The minimum absolute atomic E-state index is 0.0666. The van der Waals surface area contributed by atoms with Crippen LogP contribution in [-0.4, -0.2) is 34.3 Å². The second kappa shape index (κ2) is 6.67. The Kier molecular flexibility index (Phi) is 4.00. The molecule has 0 aliphatic carbocycles. The number of ether oxygens (including phenoxy) is 2. The minimum Gasteiger partial charge on any atom is -0.454 e. The fraction of sp³-hybridized carbons (Fsp3) is 0.286. The molecule has 0 radical (unpaired) electrons. The Balaban J connectivity index is 1.31. The molecule has 0 spiro atoms. The van der Waals surface area contributed by atoms with Gasteiger partial charge < -0.3 is 18.9 Å². The van der Waals surface area contributed by atoms with E-state index in [9.17, 15) is 4.79 Å². The molecule has 28 heavy (non-hydrogen) atoms. The summed E-state index contributed by atoms with van der Waals surface area (Å²) in [7, 11) is 0. The summed E-state index contributed by atoms with van der Waals surface area (Å²) >= 11 is 0. The van der Waals surface area contributed by atoms with Crippen molar-refractivity contribution in [1.82, 2.24) is 15.0 Å². The van der Waals surface area contributed by atoms with Gasteiger partial charge in [0, 0.05) is 31.0 Å². The van der Waals surface area contributed by atoms with E-state index in [0.29, 0.717) is 31.2 Å². The second-order valence-corrected chi connectivity index (χ2v) is 7.14. The Morgan fingerprint density at radius 1 is 1.14 bits per heavy atom. The molecular weight excluding hydrogens is 358 g/mol. The quantitative estimate of drug-likeness (QED) is 0.694. The third-order valence-corrected chi connectivity index (χ3v) is 5.21. The summed E-state index contributed by atoms with van der Waals surface area (Å²) in [5.41, 5.74) is 3.00. The molecule has 1 unspecified atom stereocenters. The van der Waals surface area contributed by atoms with Crippen molar-refractivity contribution in [3.8, 4) is 23.0 Å². The SMILES string of the molecule is Cc1ccccc1-c1nc(C2CC(=O)N(Cc3ccc4c(c3)OCO4)C2)no1. The molecule has 0 bridgehead atoms. The Morgan fingerprint density at radius 2 is 2.00 bits per heavy atom. The van der Waals surface area contributed by atoms with Gasteiger partial charge in [-0.1, -0.05) is 29.4 Å². The molecule has 1 amide bonds. The number of hydrogen-bond donors (Lipinski definition) is 0. The van der Waals surface area contributed by atoms with Crippen LogP contribution in [0.15, 0.2) is 47.0 Å². The lowest BCUT2D eigenvalue weighted by atomic mass is 10.1. The van der Waals surface area contributed by atoms with E-state index in [1.54, 1.807) is 0 Å². The molecule has 142 valence electrons. The number of carbonyl (C=O) groups excluding carboxylic acids is 1. The fourth-order valence-corrected chi connectivity index (χ4v) is 3.68. The Labute approximate surface area is 161 Å². The van der Waals surface area contributed by atoms with E-state index in [4.69, 9.17) is 14.0 Å². The van der Waals surface area contributed by atoms with E-state index in [1.807, 2.05) is 54.3 Å². The van der Waals surface area contributed by atoms with Gasteiger partial charge in [0.1, 0.15) is 0 Å². The number of fused-ring (bicyclic) bond motifs is 1. The summed E-state index contributed by atoms with van der Waals surface area (Å²) in [5, 5.41) is 4.14. The van der Waals surface area contributed by atoms with Crippen LogP contribution < -0.4 is 9.47 Å². The molecule has 1 atom stereocenters. The number of likely N-dealkylation sites (tertiary alicyclic amines) is 1. The van der Waals surface area contributed by atoms with Crippen LogP contribution in [0.4, 0.5) is 0 Å². The highest BCUT2D eigenvalue weighted by molar-refractivity contribution is 5.79. The van der Waals surface area contributed by atoms with Gasteiger partial charge in [-0.3, -0.25) is 4.79 Å². The van der Waals surface area contributed by atoms with Gasteiger partial charge in [0.25, 0.3) is 5.89 Å². The maximum atomic E-state index is 12.5. The first-order chi connectivity index (χ1) is 13.7. The zero-order valence-corrected chi connectivity index (χ0v) is 15.4. The lowest BCUT2D eigenvalue weighted by molar-refractivity contribution is -0.128. The Hall–Kier alpha value is -3.35. The van der Waals surface area contributed by atoms with Gasteiger partial charge >= 0.3 is 0 Å². The summed E-state index contributed by atoms with van der Waals surface area (Å²) in [6, 6.07) is 13.6. The summed E-state index contributed by atoms with van der Waals surface area (Å²) in [4.78, 5) is 18.9. The molecule has 0 saturated carbocycles. The number of hydrogen-bond acceptors (Lipinski definition) is 6. The van der Waals surface area contributed by atoms with Crippen LogP contribution in [0, 0.1) is 6.92 Å². The van der Waals surface area contributed by atoms with Crippen molar-refractivity contribution in [2.75, 3.05) is 13.3 Å². The topological polar surface area (TPSA) is 77.7 Å². The van der Waals surface area contributed by atoms with Crippen LogP contribution in [0.5, 0.6) is 11.5 Å². The number of nitrogens with zero attached hydrogens (tertiary/aromatic N) is 3. The molecular formula is C21H19N3O4. The number of aromatic nitrogens is 2. The molecule has 3 heterocycles. The van der Waals surface area contributed by atoms with Gasteiger partial charge in [-0.25, -0.2) is 0 Å². The molecule has 2 aliphatic heterocycles. The number of rotatable bonds is 4. The van der Waals surface area contributed by atoms with E-state index in [2.05, 4.69) is 10.1 Å². The minimum atomic E-state index is -0.0666. The summed E-state index contributed by atoms with van der Waals surface area (Å²) in [6.07, 6.45) is 0.386. The van der Waals surface area contributed by atoms with E-state index < -0.39 is 0 Å². The maximum absolute atomic E-state index is 12.5. The average Bonchev–Trinajstić information content (AvgIpc) is 3.42. The standard InChI is InChI=1S/C21H19N3O4/c1-13-4-2-3-5-16(13)21-22-20(23-28-21)15-9-19(25)24(11-15)10-14-6-7-17-18(8-14)27-12-26-17/h2-8,15H,9-12H2,1H3. The lowest BCUT2D eigenvalue weighted by Gasteiger charge is -2.16. The summed E-state index contributed by atoms with van der Waals surface area (Å²) < 4.78 is 16.2. The zero-order valence-electron chi connectivity index (χ0n) is 15.4. The first-order valence-electron chi connectivity index (χ1n) is 9.23. The monoisotopic (exact) mass is 377 g/mol. The third kappa shape index (κ3) is 2.98. The third-order valence-electron chi connectivity index (χ3n) is 5.21. The van der Waals surface area contributed by atoms with Gasteiger partial charge in [0.2, 0.25) is 12.7 Å². The smallest absolute Gasteiger partial charge is 0.258 e. The molecule has 1 saturated heterocycles. The molecule has 5 rings (SSSR count). The molecule has 0 N–H and O–H groups in total. The van der Waals surface area contributed by atoms with Crippen LogP contribution in [0.25, 0.3) is 11.5 Å². The highest BCUT2D eigenvalue weighted by Gasteiger charge is 2.34. The molecule has 2 aromatic carbocycles. The first-order valence-corrected chi connectivity index (χ1v) is 9.23. The highest BCUT2D eigenvalue weighted by atomic mass is 16.7. The van der Waals surface area contributed by atoms with Gasteiger partial charge in [0.15, 0.2) is 17.3 Å². The van der Waals surface area contributed by atoms with Crippen LogP contribution >= 0.6 is 0 Å². The maximum Gasteiger partial charge on any atom is 0.258 e. The van der Waals surface area contributed by atoms with Crippen molar-refractivity contribution in [3.63, 3.8) is 0 Å². The molecule has 1 fully saturated rings. The summed E-state index contributed by atoms with van der Waals surface area (Å²) in [5.74, 6) is 2.56. The van der Waals surface area contributed by atoms with Crippen molar-refractivity contribution in [1.29, 1.82) is 0 Å². The zero-order chi connectivity index (χ0) is 19.1. The Bertz CT molecular complexity index is 1050. The van der Waals surface area contributed by atoms with Gasteiger partial charge in [-0.05, 0) is 36.2 Å². The number of carbonyl (C=O) groups is 1. The van der Waals surface area contributed by atoms with Crippen molar-refractivity contribution in [2.45, 2.75) is 25.8 Å². The van der Waals surface area contributed by atoms with Crippen LogP contribution in [-0.2, 0) is 11.3 Å². The van der Waals surface area contributed by atoms with Crippen molar-refractivity contribution < 1.29 is 18.8 Å². The average molecular weight is 377 g/mol. The van der Waals surface area contributed by atoms with Crippen LogP contribution in [0.3, 0.4) is 0 Å². The predicted molar refractivity (Wildman–Crippen MR) is 99.8 cm³/mol. The van der Waals surface area contributed by atoms with Crippen molar-refractivity contribution in [3.05, 3.63) is 59.4 Å². The highest BCUT2D eigenvalue weighted by Crippen LogP contribution is 2.34. The number of benzene rings is 2. The first kappa shape index (κ1) is 16.8. The van der Waals surface area contributed by atoms with Crippen molar-refractivity contribution >= 4 is 5.91 Å². The van der Waals surface area contributed by atoms with E-state index in [-0.39, 0.29) is 18.6 Å².